The second-order valence-electron chi connectivity index (χ2n) is 6.55. The summed E-state index contributed by atoms with van der Waals surface area (Å²) in [6.07, 6.45) is 1.38. The molecular formula is C22H24N2O4. The maximum atomic E-state index is 11.9. The smallest absolute Gasteiger partial charge is 0.343 e. The first kappa shape index (κ1) is 19.5. The van der Waals surface area contributed by atoms with Crippen molar-refractivity contribution in [3.05, 3.63) is 70.5 Å². The molecule has 146 valence electrons. The monoisotopic (exact) mass is 380 g/mol. The van der Waals surface area contributed by atoms with E-state index in [0.717, 1.165) is 28.0 Å². The Balaban J connectivity index is 2.23. The number of hydrogen-bond acceptors (Lipinski definition) is 4. The zero-order chi connectivity index (χ0) is 20.3. The molecule has 0 radical (unpaired) electrons. The molecule has 0 spiro atoms. The van der Waals surface area contributed by atoms with Crippen LogP contribution in [-0.2, 0) is 22.4 Å². The number of ether oxygens (including phenoxy) is 2. The third-order valence-corrected chi connectivity index (χ3v) is 4.89. The summed E-state index contributed by atoms with van der Waals surface area (Å²) in [5.74, 6) is -0.289. The summed E-state index contributed by atoms with van der Waals surface area (Å²) < 4.78 is 12.6. The standard InChI is InChI=1S/C22H24N2O4/c1-4-16-19(12-15-8-6-5-7-9-15)24-14(2)17(22(23)26)10-11-18(24)21(16)28-13-20(25)27-3/h5-11H,4,12-13H2,1-3H3,(H2,23,26). The fraction of sp³-hybridized carbons (Fsp3) is 0.273. The average molecular weight is 380 g/mol. The van der Waals surface area contributed by atoms with Crippen molar-refractivity contribution in [3.8, 4) is 5.75 Å². The van der Waals surface area contributed by atoms with Gasteiger partial charge in [-0.15, -0.1) is 0 Å². The Kier molecular flexibility index (Phi) is 5.68. The van der Waals surface area contributed by atoms with E-state index in [9.17, 15) is 9.59 Å². The van der Waals surface area contributed by atoms with Crippen molar-refractivity contribution in [1.29, 1.82) is 0 Å². The van der Waals surface area contributed by atoms with Crippen LogP contribution in [0.1, 0.15) is 39.8 Å². The molecular weight excluding hydrogens is 356 g/mol. The molecule has 3 aromatic rings. The number of hydrogen-bond donors (Lipinski definition) is 1. The van der Waals surface area contributed by atoms with Crippen LogP contribution in [0.15, 0.2) is 42.5 Å². The number of esters is 1. The second kappa shape index (κ2) is 8.17. The Bertz CT molecular complexity index is 1020. The average Bonchev–Trinajstić information content (AvgIpc) is 3.00. The number of methoxy groups -OCH3 is 1. The van der Waals surface area contributed by atoms with Crippen molar-refractivity contribution in [2.45, 2.75) is 26.7 Å². The van der Waals surface area contributed by atoms with Crippen molar-refractivity contribution in [2.24, 2.45) is 5.73 Å². The number of nitrogens with zero attached hydrogens (tertiary/aromatic N) is 1. The minimum Gasteiger partial charge on any atom is -0.479 e. The maximum Gasteiger partial charge on any atom is 0.343 e. The zero-order valence-electron chi connectivity index (χ0n) is 16.3. The highest BCUT2D eigenvalue weighted by molar-refractivity contribution is 5.94. The minimum atomic E-state index is -0.478. The van der Waals surface area contributed by atoms with Gasteiger partial charge < -0.3 is 19.6 Å². The fourth-order valence-corrected chi connectivity index (χ4v) is 3.56. The van der Waals surface area contributed by atoms with Crippen molar-refractivity contribution in [3.63, 3.8) is 0 Å². The van der Waals surface area contributed by atoms with Gasteiger partial charge in [-0.1, -0.05) is 37.3 Å². The van der Waals surface area contributed by atoms with E-state index in [1.807, 2.05) is 42.5 Å². The van der Waals surface area contributed by atoms with Gasteiger partial charge >= 0.3 is 5.97 Å². The lowest BCUT2D eigenvalue weighted by atomic mass is 10.0. The highest BCUT2D eigenvalue weighted by atomic mass is 16.6. The first-order valence-electron chi connectivity index (χ1n) is 9.17. The molecule has 0 aliphatic heterocycles. The number of carbonyl (C=O) groups is 2. The first-order chi connectivity index (χ1) is 13.5. The molecule has 0 saturated carbocycles. The van der Waals surface area contributed by atoms with Crippen molar-refractivity contribution in [2.75, 3.05) is 13.7 Å². The lowest BCUT2D eigenvalue weighted by molar-refractivity contribution is -0.142. The number of carbonyl (C=O) groups excluding carboxylic acids is 2. The van der Waals surface area contributed by atoms with Crippen molar-refractivity contribution < 1.29 is 19.1 Å². The maximum absolute atomic E-state index is 11.9. The van der Waals surface area contributed by atoms with E-state index in [1.54, 1.807) is 6.07 Å². The van der Waals surface area contributed by atoms with Crippen LogP contribution in [-0.4, -0.2) is 30.0 Å². The summed E-state index contributed by atoms with van der Waals surface area (Å²) in [7, 11) is 1.33. The molecule has 28 heavy (non-hydrogen) atoms. The van der Waals surface area contributed by atoms with Gasteiger partial charge in [0.15, 0.2) is 6.61 Å². The first-order valence-corrected chi connectivity index (χ1v) is 9.17. The quantitative estimate of drug-likeness (QED) is 0.639. The Morgan fingerprint density at radius 3 is 2.43 bits per heavy atom. The van der Waals surface area contributed by atoms with Crippen LogP contribution in [0.3, 0.4) is 0 Å². The van der Waals surface area contributed by atoms with E-state index >= 15 is 0 Å². The number of amides is 1. The van der Waals surface area contributed by atoms with Gasteiger partial charge in [0.25, 0.3) is 0 Å². The molecule has 2 aromatic heterocycles. The van der Waals surface area contributed by atoms with E-state index in [-0.39, 0.29) is 6.61 Å². The van der Waals surface area contributed by atoms with Crippen LogP contribution in [0.5, 0.6) is 5.75 Å². The number of rotatable bonds is 7. The van der Waals surface area contributed by atoms with Crippen LogP contribution in [0, 0.1) is 6.92 Å². The Morgan fingerprint density at radius 1 is 1.11 bits per heavy atom. The third-order valence-electron chi connectivity index (χ3n) is 4.89. The van der Waals surface area contributed by atoms with E-state index in [1.165, 1.54) is 7.11 Å². The van der Waals surface area contributed by atoms with Gasteiger partial charge in [0.05, 0.1) is 18.2 Å². The predicted octanol–water partition coefficient (Wildman–Crippen LogP) is 3.05. The number of nitrogens with two attached hydrogens (primary N) is 1. The molecule has 1 amide bonds. The lowest BCUT2D eigenvalue weighted by Crippen LogP contribution is -2.15. The molecule has 3 rings (SSSR count). The molecule has 6 heteroatoms. The molecule has 1 aromatic carbocycles. The number of fused-ring (bicyclic) bond motifs is 1. The van der Waals surface area contributed by atoms with Crippen molar-refractivity contribution >= 4 is 17.4 Å². The van der Waals surface area contributed by atoms with Crippen LogP contribution in [0.4, 0.5) is 0 Å². The normalized spacial score (nSPS) is 10.8. The molecule has 0 atom stereocenters. The largest absolute Gasteiger partial charge is 0.479 e. The van der Waals surface area contributed by atoms with E-state index < -0.39 is 11.9 Å². The van der Waals surface area contributed by atoms with Gasteiger partial charge in [0, 0.05) is 23.4 Å². The summed E-state index contributed by atoms with van der Waals surface area (Å²) in [5.41, 5.74) is 10.7. The molecule has 0 unspecified atom stereocenters. The fourth-order valence-electron chi connectivity index (χ4n) is 3.56. The van der Waals surface area contributed by atoms with Gasteiger partial charge in [0.1, 0.15) is 5.75 Å². The molecule has 2 N–H and O–H groups in total. The van der Waals surface area contributed by atoms with Gasteiger partial charge in [-0.3, -0.25) is 4.79 Å². The molecule has 0 bridgehead atoms. The highest BCUT2D eigenvalue weighted by Gasteiger charge is 2.22. The Hall–Kier alpha value is -3.28. The lowest BCUT2D eigenvalue weighted by Gasteiger charge is -2.11. The number of aromatic nitrogens is 1. The molecule has 0 aliphatic rings. The molecule has 2 heterocycles. The summed E-state index contributed by atoms with van der Waals surface area (Å²) in [6, 6.07) is 13.6. The number of primary amides is 1. The van der Waals surface area contributed by atoms with Gasteiger partial charge in [0.2, 0.25) is 5.91 Å². The summed E-state index contributed by atoms with van der Waals surface area (Å²) in [5, 5.41) is 0. The van der Waals surface area contributed by atoms with Crippen LogP contribution < -0.4 is 10.5 Å². The molecule has 0 fully saturated rings. The van der Waals surface area contributed by atoms with E-state index in [2.05, 4.69) is 12.1 Å². The topological polar surface area (TPSA) is 83.0 Å². The number of aryl methyl sites for hydroxylation is 1. The van der Waals surface area contributed by atoms with Crippen molar-refractivity contribution in [1.82, 2.24) is 4.40 Å². The molecule has 6 nitrogen and oxygen atoms in total. The minimum absolute atomic E-state index is 0.176. The number of benzene rings is 1. The van der Waals surface area contributed by atoms with Crippen LogP contribution >= 0.6 is 0 Å². The molecule has 0 saturated heterocycles. The predicted molar refractivity (Wildman–Crippen MR) is 107 cm³/mol. The van der Waals surface area contributed by atoms with E-state index in [0.29, 0.717) is 24.2 Å². The highest BCUT2D eigenvalue weighted by Crippen LogP contribution is 2.35. The van der Waals surface area contributed by atoms with Gasteiger partial charge in [-0.05, 0) is 31.0 Å². The summed E-state index contributed by atoms with van der Waals surface area (Å²) >= 11 is 0. The number of pyridine rings is 1. The summed E-state index contributed by atoms with van der Waals surface area (Å²) in [6.45, 7) is 3.73. The van der Waals surface area contributed by atoms with Gasteiger partial charge in [-0.25, -0.2) is 4.79 Å². The van der Waals surface area contributed by atoms with Crippen LogP contribution in [0.25, 0.3) is 5.52 Å². The second-order valence-corrected chi connectivity index (χ2v) is 6.55. The Morgan fingerprint density at radius 2 is 1.82 bits per heavy atom. The summed E-state index contributed by atoms with van der Waals surface area (Å²) in [4.78, 5) is 23.5. The Labute approximate surface area is 163 Å². The zero-order valence-corrected chi connectivity index (χ0v) is 16.3. The molecule has 0 aliphatic carbocycles. The van der Waals surface area contributed by atoms with Crippen LogP contribution in [0.2, 0.25) is 0 Å². The van der Waals surface area contributed by atoms with Gasteiger partial charge in [-0.2, -0.15) is 0 Å². The third kappa shape index (κ3) is 3.58. The van der Waals surface area contributed by atoms with E-state index in [4.69, 9.17) is 15.2 Å². The SMILES string of the molecule is CCc1c(OCC(=O)OC)c2ccc(C(N)=O)c(C)n2c1Cc1ccccc1.